The molecule has 0 radical (unpaired) electrons. The molecule has 3 aromatic carbocycles. The van der Waals surface area contributed by atoms with Gasteiger partial charge in [0, 0.05) is 5.02 Å². The van der Waals surface area contributed by atoms with Gasteiger partial charge in [-0.15, -0.1) is 0 Å². The van der Waals surface area contributed by atoms with Crippen LogP contribution in [-0.2, 0) is 20.7 Å². The number of ether oxygens (including phenoxy) is 2. The summed E-state index contributed by atoms with van der Waals surface area (Å²) in [6.07, 6.45) is -0.00685. The molecule has 0 aliphatic rings. The maximum absolute atomic E-state index is 12.2. The van der Waals surface area contributed by atoms with E-state index >= 15 is 0 Å². The third-order valence-electron chi connectivity index (χ3n) is 3.84. The van der Waals surface area contributed by atoms with Crippen molar-refractivity contribution in [2.45, 2.75) is 6.42 Å². The number of rotatable bonds is 7. The smallest absolute Gasteiger partial charge is 0.310 e. The molecular formula is C22H18ClNO5. The van der Waals surface area contributed by atoms with E-state index in [1.54, 1.807) is 42.5 Å². The average molecular weight is 412 g/mol. The molecule has 2 N–H and O–H groups in total. The summed E-state index contributed by atoms with van der Waals surface area (Å²) in [7, 11) is 0. The Labute approximate surface area is 172 Å². The molecular weight excluding hydrogens is 394 g/mol. The van der Waals surface area contributed by atoms with Gasteiger partial charge in [0.2, 0.25) is 0 Å². The van der Waals surface area contributed by atoms with Gasteiger partial charge in [0.05, 0.1) is 12.1 Å². The number of benzene rings is 3. The summed E-state index contributed by atoms with van der Waals surface area (Å²) in [5.74, 6) is 0.0356. The summed E-state index contributed by atoms with van der Waals surface area (Å²) in [5.41, 5.74) is 1.03. The second-order valence-electron chi connectivity index (χ2n) is 6.11. The molecule has 0 aromatic heterocycles. The van der Waals surface area contributed by atoms with Gasteiger partial charge in [-0.05, 0) is 48.0 Å². The van der Waals surface area contributed by atoms with E-state index in [-0.39, 0.29) is 12.2 Å². The Morgan fingerprint density at radius 3 is 2.41 bits per heavy atom. The first-order valence-electron chi connectivity index (χ1n) is 8.75. The molecule has 0 saturated heterocycles. The molecule has 0 aliphatic carbocycles. The van der Waals surface area contributed by atoms with Gasteiger partial charge in [0.15, 0.2) is 12.4 Å². The van der Waals surface area contributed by atoms with Gasteiger partial charge in [0.1, 0.15) is 11.5 Å². The second kappa shape index (κ2) is 9.61. The predicted octanol–water partition coefficient (Wildman–Crippen LogP) is 4.56. The summed E-state index contributed by atoms with van der Waals surface area (Å²) in [6, 6.07) is 20.1. The molecule has 7 heteroatoms. The van der Waals surface area contributed by atoms with Gasteiger partial charge in [-0.2, -0.15) is 0 Å². The zero-order valence-electron chi connectivity index (χ0n) is 15.3. The number of para-hydroxylation sites is 1. The van der Waals surface area contributed by atoms with Crippen LogP contribution in [0.2, 0.25) is 5.02 Å². The molecule has 148 valence electrons. The first-order valence-corrected chi connectivity index (χ1v) is 9.13. The van der Waals surface area contributed by atoms with Crippen molar-refractivity contribution in [3.8, 4) is 17.2 Å². The van der Waals surface area contributed by atoms with Crippen molar-refractivity contribution < 1.29 is 24.2 Å². The average Bonchev–Trinajstić information content (AvgIpc) is 2.71. The number of carbonyl (C=O) groups excluding carboxylic acids is 2. The van der Waals surface area contributed by atoms with Crippen molar-refractivity contribution in [1.82, 2.24) is 0 Å². The first-order chi connectivity index (χ1) is 14.0. The van der Waals surface area contributed by atoms with E-state index in [0.29, 0.717) is 27.8 Å². The SMILES string of the molecule is O=C(COC(=O)Cc1ccc(O)cc1)Nc1cc(Cl)ccc1Oc1ccccc1. The van der Waals surface area contributed by atoms with Crippen LogP contribution in [0.1, 0.15) is 5.56 Å². The Balaban J connectivity index is 1.57. The van der Waals surface area contributed by atoms with Crippen molar-refractivity contribution in [1.29, 1.82) is 0 Å². The highest BCUT2D eigenvalue weighted by atomic mass is 35.5. The van der Waals surface area contributed by atoms with Crippen LogP contribution < -0.4 is 10.1 Å². The lowest BCUT2D eigenvalue weighted by Gasteiger charge is -2.13. The number of amides is 1. The third-order valence-corrected chi connectivity index (χ3v) is 4.07. The number of aromatic hydroxyl groups is 1. The minimum Gasteiger partial charge on any atom is -0.508 e. The molecule has 1 amide bonds. The minimum absolute atomic E-state index is 0.00685. The number of halogens is 1. The number of esters is 1. The molecule has 0 atom stereocenters. The molecule has 0 fully saturated rings. The Morgan fingerprint density at radius 2 is 1.69 bits per heavy atom. The van der Waals surface area contributed by atoms with Crippen LogP contribution in [0.25, 0.3) is 0 Å². The van der Waals surface area contributed by atoms with Crippen LogP contribution in [0, 0.1) is 0 Å². The topological polar surface area (TPSA) is 84.9 Å². The highest BCUT2D eigenvalue weighted by Gasteiger charge is 2.13. The Bertz CT molecular complexity index is 990. The quantitative estimate of drug-likeness (QED) is 0.556. The molecule has 29 heavy (non-hydrogen) atoms. The fraction of sp³-hybridized carbons (Fsp3) is 0.0909. The lowest BCUT2D eigenvalue weighted by molar-refractivity contribution is -0.146. The number of phenols is 1. The highest BCUT2D eigenvalue weighted by Crippen LogP contribution is 2.32. The number of anilines is 1. The highest BCUT2D eigenvalue weighted by molar-refractivity contribution is 6.31. The fourth-order valence-corrected chi connectivity index (χ4v) is 2.64. The molecule has 0 bridgehead atoms. The summed E-state index contributed by atoms with van der Waals surface area (Å²) in [5, 5.41) is 12.3. The van der Waals surface area contributed by atoms with Gasteiger partial charge < -0.3 is 19.9 Å². The molecule has 0 spiro atoms. The van der Waals surface area contributed by atoms with E-state index in [2.05, 4.69) is 5.32 Å². The lowest BCUT2D eigenvalue weighted by atomic mass is 10.1. The van der Waals surface area contributed by atoms with Gasteiger partial charge in [-0.1, -0.05) is 41.9 Å². The number of phenolic OH excluding ortho intramolecular Hbond substituents is 1. The van der Waals surface area contributed by atoms with Crippen molar-refractivity contribution in [3.05, 3.63) is 83.4 Å². The maximum Gasteiger partial charge on any atom is 0.310 e. The summed E-state index contributed by atoms with van der Waals surface area (Å²) < 4.78 is 10.8. The van der Waals surface area contributed by atoms with Crippen LogP contribution >= 0.6 is 11.6 Å². The Kier molecular flexibility index (Phi) is 6.71. The normalized spacial score (nSPS) is 10.2. The largest absolute Gasteiger partial charge is 0.508 e. The van der Waals surface area contributed by atoms with E-state index in [0.717, 1.165) is 0 Å². The molecule has 0 unspecified atom stereocenters. The Hall–Kier alpha value is -3.51. The Morgan fingerprint density at radius 1 is 0.966 bits per heavy atom. The number of hydrogen-bond donors (Lipinski definition) is 2. The van der Waals surface area contributed by atoms with Crippen molar-refractivity contribution in [3.63, 3.8) is 0 Å². The van der Waals surface area contributed by atoms with Gasteiger partial charge in [-0.25, -0.2) is 0 Å². The predicted molar refractivity (Wildman–Crippen MR) is 109 cm³/mol. The van der Waals surface area contributed by atoms with Crippen molar-refractivity contribution >= 4 is 29.2 Å². The molecule has 6 nitrogen and oxygen atoms in total. The first kappa shape index (κ1) is 20.2. The standard InChI is InChI=1S/C22H18ClNO5/c23-16-8-11-20(29-18-4-2-1-3-5-18)19(13-16)24-21(26)14-28-22(27)12-15-6-9-17(25)10-7-15/h1-11,13,25H,12,14H2,(H,24,26). The summed E-state index contributed by atoms with van der Waals surface area (Å²) >= 11 is 6.02. The van der Waals surface area contributed by atoms with Crippen molar-refractivity contribution in [2.24, 2.45) is 0 Å². The minimum atomic E-state index is -0.558. The van der Waals surface area contributed by atoms with Gasteiger partial charge in [-0.3, -0.25) is 9.59 Å². The molecule has 3 rings (SSSR count). The van der Waals surface area contributed by atoms with E-state index in [1.807, 2.05) is 18.2 Å². The van der Waals surface area contributed by atoms with Crippen LogP contribution in [0.15, 0.2) is 72.8 Å². The van der Waals surface area contributed by atoms with Crippen LogP contribution in [-0.4, -0.2) is 23.6 Å². The number of carbonyl (C=O) groups is 2. The van der Waals surface area contributed by atoms with E-state index in [9.17, 15) is 14.7 Å². The molecule has 0 heterocycles. The van der Waals surface area contributed by atoms with Crippen LogP contribution in [0.3, 0.4) is 0 Å². The third kappa shape index (κ3) is 6.26. The fourth-order valence-electron chi connectivity index (χ4n) is 2.47. The zero-order valence-corrected chi connectivity index (χ0v) is 16.1. The van der Waals surface area contributed by atoms with Crippen molar-refractivity contribution in [2.75, 3.05) is 11.9 Å². The van der Waals surface area contributed by atoms with Crippen LogP contribution in [0.5, 0.6) is 17.2 Å². The zero-order chi connectivity index (χ0) is 20.6. The van der Waals surface area contributed by atoms with Crippen LogP contribution in [0.4, 0.5) is 5.69 Å². The summed E-state index contributed by atoms with van der Waals surface area (Å²) in [4.78, 5) is 24.1. The summed E-state index contributed by atoms with van der Waals surface area (Å²) in [6.45, 7) is -0.450. The maximum atomic E-state index is 12.2. The van der Waals surface area contributed by atoms with E-state index < -0.39 is 18.5 Å². The molecule has 3 aromatic rings. The van der Waals surface area contributed by atoms with Gasteiger partial charge >= 0.3 is 5.97 Å². The van der Waals surface area contributed by atoms with E-state index in [4.69, 9.17) is 21.1 Å². The lowest BCUT2D eigenvalue weighted by Crippen LogP contribution is -2.21. The number of nitrogens with one attached hydrogen (secondary N) is 1. The molecule has 0 aliphatic heterocycles. The van der Waals surface area contributed by atoms with Gasteiger partial charge in [0.25, 0.3) is 5.91 Å². The monoisotopic (exact) mass is 411 g/mol. The number of hydrogen-bond acceptors (Lipinski definition) is 5. The molecule has 0 saturated carbocycles. The van der Waals surface area contributed by atoms with E-state index in [1.165, 1.54) is 12.1 Å². The second-order valence-corrected chi connectivity index (χ2v) is 6.54.